The highest BCUT2D eigenvalue weighted by Crippen LogP contribution is 2.13. The van der Waals surface area contributed by atoms with Crippen molar-refractivity contribution >= 4 is 23.1 Å². The van der Waals surface area contributed by atoms with Crippen LogP contribution in [0.1, 0.15) is 0 Å². The highest BCUT2D eigenvalue weighted by atomic mass is 79.9. The Bertz CT molecular complexity index is 329. The molecule has 1 rings (SSSR count). The second-order valence-electron chi connectivity index (χ2n) is 1.73. The van der Waals surface area contributed by atoms with Gasteiger partial charge in [0.1, 0.15) is 0 Å². The average Bonchev–Trinajstić information content (AvgIpc) is 2.11. The Labute approximate surface area is 66.0 Å². The first-order valence-electron chi connectivity index (χ1n) is 2.44. The molecule has 6 heteroatoms. The van der Waals surface area contributed by atoms with Gasteiger partial charge in [-0.15, -0.1) is 0 Å². The predicted molar refractivity (Wildman–Crippen MR) is 39.3 cm³/mol. The molecule has 0 unspecified atom stereocenters. The molecule has 0 saturated carbocycles. The number of aryl methyl sites for hydroxylation is 1. The number of halogens is 1. The molecule has 0 N–H and O–H groups in total. The van der Waals surface area contributed by atoms with Gasteiger partial charge in [0.2, 0.25) is 0 Å². The van der Waals surface area contributed by atoms with Crippen molar-refractivity contribution in [1.29, 1.82) is 0 Å². The topological polar surface area (TPSA) is 52.0 Å². The van der Waals surface area contributed by atoms with Gasteiger partial charge in [-0.05, 0) is 6.07 Å². The Morgan fingerprint density at radius 1 is 1.70 bits per heavy atom. The SMILES string of the molecule is Cn1nccc1S(=O)(=O)Br. The lowest BCUT2D eigenvalue weighted by atomic mass is 10.7. The molecule has 0 amide bonds. The average molecular weight is 225 g/mol. The van der Waals surface area contributed by atoms with Crippen molar-refractivity contribution in [3.8, 4) is 0 Å². The van der Waals surface area contributed by atoms with E-state index >= 15 is 0 Å². The van der Waals surface area contributed by atoms with Crippen molar-refractivity contribution in [2.75, 3.05) is 0 Å². The summed E-state index contributed by atoms with van der Waals surface area (Å²) in [5.41, 5.74) is 0. The summed E-state index contributed by atoms with van der Waals surface area (Å²) in [6.45, 7) is 0. The quantitative estimate of drug-likeness (QED) is 0.654. The fourth-order valence-electron chi connectivity index (χ4n) is 0.601. The fourth-order valence-corrected chi connectivity index (χ4v) is 2.14. The van der Waals surface area contributed by atoms with Crippen LogP contribution in [-0.2, 0) is 15.3 Å². The molecule has 0 aliphatic carbocycles. The van der Waals surface area contributed by atoms with Crippen LogP contribution < -0.4 is 0 Å². The van der Waals surface area contributed by atoms with Crippen LogP contribution in [0, 0.1) is 0 Å². The highest BCUT2D eigenvalue weighted by Gasteiger charge is 2.12. The first-order valence-corrected chi connectivity index (χ1v) is 5.77. The smallest absolute Gasteiger partial charge is 0.254 e. The summed E-state index contributed by atoms with van der Waals surface area (Å²) in [7, 11) is -1.71. The third-order valence-electron chi connectivity index (χ3n) is 1.03. The van der Waals surface area contributed by atoms with E-state index in [1.54, 1.807) is 7.05 Å². The lowest BCUT2D eigenvalue weighted by Crippen LogP contribution is -2.00. The predicted octanol–water partition coefficient (Wildman–Crippen LogP) is 0.504. The van der Waals surface area contributed by atoms with Crippen LogP contribution >= 0.6 is 14.8 Å². The van der Waals surface area contributed by atoms with Crippen molar-refractivity contribution in [1.82, 2.24) is 9.78 Å². The molecule has 0 bridgehead atoms. The second kappa shape index (κ2) is 2.35. The Balaban J connectivity index is 3.32. The number of aromatic nitrogens is 2. The van der Waals surface area contributed by atoms with Gasteiger partial charge in [-0.2, -0.15) is 5.10 Å². The minimum absolute atomic E-state index is 0.160. The van der Waals surface area contributed by atoms with Gasteiger partial charge in [-0.1, -0.05) is 0 Å². The third-order valence-corrected chi connectivity index (χ3v) is 2.92. The van der Waals surface area contributed by atoms with Gasteiger partial charge < -0.3 is 0 Å². The fraction of sp³-hybridized carbons (Fsp3) is 0.250. The van der Waals surface area contributed by atoms with Crippen molar-refractivity contribution in [2.24, 2.45) is 7.05 Å². The lowest BCUT2D eigenvalue weighted by Gasteiger charge is -1.93. The van der Waals surface area contributed by atoms with Crippen LogP contribution in [0.25, 0.3) is 0 Å². The van der Waals surface area contributed by atoms with Crippen LogP contribution in [0.2, 0.25) is 0 Å². The number of hydrogen-bond donors (Lipinski definition) is 0. The molecule has 0 saturated heterocycles. The standard InChI is InChI=1S/C4H5BrN2O2S/c1-7-4(2-3-6-7)10(5,8)9/h2-3H,1H3. The third kappa shape index (κ3) is 1.38. The van der Waals surface area contributed by atoms with Gasteiger partial charge in [0.15, 0.2) is 5.03 Å². The lowest BCUT2D eigenvalue weighted by molar-refractivity contribution is 0.592. The number of hydrogen-bond acceptors (Lipinski definition) is 3. The van der Waals surface area contributed by atoms with Gasteiger partial charge >= 0.3 is 0 Å². The second-order valence-corrected chi connectivity index (χ2v) is 5.58. The van der Waals surface area contributed by atoms with Gasteiger partial charge in [-0.3, -0.25) is 4.68 Å². The van der Waals surface area contributed by atoms with Crippen LogP contribution in [0.3, 0.4) is 0 Å². The summed E-state index contributed by atoms with van der Waals surface area (Å²) in [6.07, 6.45) is 1.42. The summed E-state index contributed by atoms with van der Waals surface area (Å²) in [6, 6.07) is 1.42. The monoisotopic (exact) mass is 224 g/mol. The molecule has 10 heavy (non-hydrogen) atoms. The van der Waals surface area contributed by atoms with Crippen LogP contribution in [0.15, 0.2) is 17.3 Å². The molecule has 1 aromatic rings. The maximum Gasteiger partial charge on any atom is 0.254 e. The number of rotatable bonds is 1. The van der Waals surface area contributed by atoms with Gasteiger partial charge in [0, 0.05) is 7.05 Å². The summed E-state index contributed by atoms with van der Waals surface area (Å²) in [5.74, 6) is 0. The molecule has 0 aromatic carbocycles. The molecular weight excluding hydrogens is 220 g/mol. The van der Waals surface area contributed by atoms with Crippen molar-refractivity contribution in [3.05, 3.63) is 12.3 Å². The Morgan fingerprint density at radius 2 is 2.30 bits per heavy atom. The minimum Gasteiger partial charge on any atom is -0.256 e. The van der Waals surface area contributed by atoms with E-state index in [0.29, 0.717) is 0 Å². The summed E-state index contributed by atoms with van der Waals surface area (Å²) >= 11 is 2.53. The van der Waals surface area contributed by atoms with Gasteiger partial charge in [0.05, 0.1) is 21.0 Å². The maximum atomic E-state index is 10.8. The molecule has 0 radical (unpaired) electrons. The minimum atomic E-state index is -3.28. The number of nitrogens with zero attached hydrogens (tertiary/aromatic N) is 2. The van der Waals surface area contributed by atoms with Gasteiger partial charge in [0.25, 0.3) is 8.27 Å². The van der Waals surface area contributed by atoms with Crippen molar-refractivity contribution < 1.29 is 8.42 Å². The van der Waals surface area contributed by atoms with E-state index in [1.807, 2.05) is 0 Å². The van der Waals surface area contributed by atoms with E-state index in [-0.39, 0.29) is 5.03 Å². The van der Waals surface area contributed by atoms with E-state index in [1.165, 1.54) is 16.9 Å². The molecule has 1 heterocycles. The van der Waals surface area contributed by atoms with Crippen LogP contribution in [0.5, 0.6) is 0 Å². The van der Waals surface area contributed by atoms with Crippen molar-refractivity contribution in [3.63, 3.8) is 0 Å². The first-order chi connectivity index (χ1) is 4.52. The van der Waals surface area contributed by atoms with Crippen LogP contribution in [-0.4, -0.2) is 18.2 Å². The molecule has 0 aliphatic heterocycles. The van der Waals surface area contributed by atoms with Crippen molar-refractivity contribution in [2.45, 2.75) is 5.03 Å². The molecule has 0 aliphatic rings. The summed E-state index contributed by atoms with van der Waals surface area (Å²) in [4.78, 5) is 0. The summed E-state index contributed by atoms with van der Waals surface area (Å²) < 4.78 is 22.8. The largest absolute Gasteiger partial charge is 0.256 e. The zero-order valence-corrected chi connectivity index (χ0v) is 7.55. The Kier molecular flexibility index (Phi) is 1.82. The molecule has 0 spiro atoms. The van der Waals surface area contributed by atoms with E-state index in [2.05, 4.69) is 19.9 Å². The van der Waals surface area contributed by atoms with E-state index in [9.17, 15) is 8.42 Å². The van der Waals surface area contributed by atoms with E-state index < -0.39 is 8.27 Å². The molecular formula is C4H5BrN2O2S. The first kappa shape index (κ1) is 7.74. The highest BCUT2D eigenvalue weighted by molar-refractivity contribution is 9.47. The molecule has 0 atom stereocenters. The molecule has 4 nitrogen and oxygen atoms in total. The van der Waals surface area contributed by atoms with E-state index in [4.69, 9.17) is 0 Å². The molecule has 56 valence electrons. The zero-order valence-electron chi connectivity index (χ0n) is 5.15. The van der Waals surface area contributed by atoms with Crippen LogP contribution in [0.4, 0.5) is 0 Å². The zero-order chi connectivity index (χ0) is 7.78. The molecule has 0 fully saturated rings. The van der Waals surface area contributed by atoms with E-state index in [0.717, 1.165) is 0 Å². The van der Waals surface area contributed by atoms with Gasteiger partial charge in [-0.25, -0.2) is 8.42 Å². The summed E-state index contributed by atoms with van der Waals surface area (Å²) in [5, 5.41) is 3.85. The Hall–Kier alpha value is -0.360. The molecule has 1 aromatic heterocycles. The Morgan fingerprint density at radius 3 is 2.50 bits per heavy atom. The normalized spacial score (nSPS) is 11.8. The maximum absolute atomic E-state index is 10.8.